The molecule has 5 aromatic rings. The molecule has 7 heteroatoms. The molecule has 3 heterocycles. The van der Waals surface area contributed by atoms with Gasteiger partial charge in [-0.1, -0.05) is 24.3 Å². The minimum atomic E-state index is -0.457. The Labute approximate surface area is 180 Å². The Hall–Kier alpha value is -4.28. The molecule has 0 aliphatic carbocycles. The van der Waals surface area contributed by atoms with Crippen molar-refractivity contribution in [2.45, 2.75) is 0 Å². The van der Waals surface area contributed by atoms with E-state index in [4.69, 9.17) is 4.42 Å². The molecule has 0 atom stereocenters. The average Bonchev–Trinajstić information content (AvgIpc) is 3.28. The summed E-state index contributed by atoms with van der Waals surface area (Å²) in [4.78, 5) is 21.2. The quantitative estimate of drug-likeness (QED) is 0.306. The summed E-state index contributed by atoms with van der Waals surface area (Å²) in [5, 5.41) is 16.8. The second kappa shape index (κ2) is 7.86. The van der Waals surface area contributed by atoms with Crippen LogP contribution in [0.25, 0.3) is 38.7 Å². The molecule has 0 amide bonds. The van der Waals surface area contributed by atoms with Crippen molar-refractivity contribution in [2.75, 3.05) is 5.32 Å². The number of benzene rings is 2. The van der Waals surface area contributed by atoms with E-state index < -0.39 is 5.63 Å². The molecule has 2 aromatic carbocycles. The van der Waals surface area contributed by atoms with E-state index in [-0.39, 0.29) is 0 Å². The van der Waals surface area contributed by atoms with E-state index in [1.807, 2.05) is 48.5 Å². The van der Waals surface area contributed by atoms with E-state index in [0.717, 1.165) is 22.0 Å². The van der Waals surface area contributed by atoms with E-state index >= 15 is 0 Å². The number of aromatic nitrogens is 2. The lowest BCUT2D eigenvalue weighted by Gasteiger charge is -2.03. The van der Waals surface area contributed by atoms with Crippen LogP contribution in [0.2, 0.25) is 0 Å². The second-order valence-corrected chi connectivity index (χ2v) is 7.61. The van der Waals surface area contributed by atoms with Gasteiger partial charge in [0.15, 0.2) is 0 Å². The van der Waals surface area contributed by atoms with Crippen LogP contribution >= 0.6 is 11.3 Å². The number of thiazole rings is 1. The van der Waals surface area contributed by atoms with Gasteiger partial charge < -0.3 is 9.73 Å². The maximum Gasteiger partial charge on any atom is 0.345 e. The minimum absolute atomic E-state index is 0.368. The van der Waals surface area contributed by atoms with Crippen molar-refractivity contribution in [3.63, 3.8) is 0 Å². The number of hydrogen-bond acceptors (Lipinski definition) is 7. The van der Waals surface area contributed by atoms with Crippen molar-refractivity contribution in [3.8, 4) is 17.3 Å². The molecule has 0 saturated carbocycles. The van der Waals surface area contributed by atoms with Crippen molar-refractivity contribution in [1.82, 2.24) is 9.97 Å². The van der Waals surface area contributed by atoms with Gasteiger partial charge in [0, 0.05) is 34.2 Å². The van der Waals surface area contributed by atoms with Crippen LogP contribution in [0.15, 0.2) is 87.7 Å². The smallest absolute Gasteiger partial charge is 0.345 e. The fourth-order valence-electron chi connectivity index (χ4n) is 3.22. The maximum atomic E-state index is 12.4. The summed E-state index contributed by atoms with van der Waals surface area (Å²) >= 11 is 1.30. The van der Waals surface area contributed by atoms with Gasteiger partial charge in [-0.05, 0) is 36.4 Å². The number of pyridine rings is 1. The summed E-state index contributed by atoms with van der Waals surface area (Å²) in [6.07, 6.45) is 3.36. The van der Waals surface area contributed by atoms with Crippen LogP contribution in [0, 0.1) is 11.3 Å². The van der Waals surface area contributed by atoms with Crippen molar-refractivity contribution in [1.29, 1.82) is 5.26 Å². The number of anilines is 1. The Morgan fingerprint density at radius 3 is 2.87 bits per heavy atom. The molecule has 0 aliphatic rings. The van der Waals surface area contributed by atoms with Crippen LogP contribution in [0.4, 0.5) is 5.69 Å². The zero-order chi connectivity index (χ0) is 21.2. The molecule has 1 N–H and O–H groups in total. The number of nitriles is 1. The predicted octanol–water partition coefficient (Wildman–Crippen LogP) is 5.44. The molecule has 6 nitrogen and oxygen atoms in total. The molecule has 5 rings (SSSR count). The molecule has 0 aliphatic heterocycles. The fraction of sp³-hybridized carbons (Fsp3) is 0. The van der Waals surface area contributed by atoms with Crippen LogP contribution in [-0.4, -0.2) is 9.97 Å². The van der Waals surface area contributed by atoms with E-state index in [9.17, 15) is 10.1 Å². The van der Waals surface area contributed by atoms with Crippen molar-refractivity contribution < 1.29 is 4.42 Å². The van der Waals surface area contributed by atoms with E-state index in [1.54, 1.807) is 29.9 Å². The van der Waals surface area contributed by atoms with E-state index in [1.165, 1.54) is 11.3 Å². The Morgan fingerprint density at radius 1 is 1.10 bits per heavy atom. The molecule has 0 bridgehead atoms. The highest BCUT2D eigenvalue weighted by Crippen LogP contribution is 2.26. The van der Waals surface area contributed by atoms with Gasteiger partial charge >= 0.3 is 5.63 Å². The summed E-state index contributed by atoms with van der Waals surface area (Å²) in [5.74, 6) is 0. The van der Waals surface area contributed by atoms with E-state index in [0.29, 0.717) is 27.4 Å². The van der Waals surface area contributed by atoms with Gasteiger partial charge in [-0.15, -0.1) is 11.3 Å². The Balaban J connectivity index is 1.45. The van der Waals surface area contributed by atoms with Crippen LogP contribution in [0.1, 0.15) is 5.01 Å². The first kappa shape index (κ1) is 18.7. The number of fused-ring (bicyclic) bond motifs is 2. The number of nitrogens with one attached hydrogen (secondary N) is 1. The van der Waals surface area contributed by atoms with Crippen LogP contribution in [0.3, 0.4) is 0 Å². The number of rotatable bonds is 4. The summed E-state index contributed by atoms with van der Waals surface area (Å²) in [5.41, 5.74) is 3.02. The molecular weight excluding hydrogens is 408 g/mol. The molecule has 0 radical (unpaired) electrons. The molecule has 0 saturated heterocycles. The van der Waals surface area contributed by atoms with Crippen molar-refractivity contribution in [2.24, 2.45) is 0 Å². The third kappa shape index (κ3) is 3.68. The van der Waals surface area contributed by atoms with Crippen LogP contribution in [0.5, 0.6) is 0 Å². The number of para-hydroxylation sites is 1. The Morgan fingerprint density at radius 2 is 1.97 bits per heavy atom. The van der Waals surface area contributed by atoms with E-state index in [2.05, 4.69) is 21.4 Å². The monoisotopic (exact) mass is 422 g/mol. The maximum absolute atomic E-state index is 12.4. The fourth-order valence-corrected chi connectivity index (χ4v) is 4.01. The Bertz CT molecular complexity index is 1560. The molecule has 3 aromatic heterocycles. The summed E-state index contributed by atoms with van der Waals surface area (Å²) in [6, 6.07) is 20.9. The average molecular weight is 422 g/mol. The highest BCUT2D eigenvalue weighted by molar-refractivity contribution is 7.11. The zero-order valence-corrected chi connectivity index (χ0v) is 16.9. The lowest BCUT2D eigenvalue weighted by Crippen LogP contribution is -2.02. The van der Waals surface area contributed by atoms with Gasteiger partial charge in [0.2, 0.25) is 0 Å². The first-order valence-corrected chi connectivity index (χ1v) is 10.3. The summed E-state index contributed by atoms with van der Waals surface area (Å²) in [7, 11) is 0. The zero-order valence-electron chi connectivity index (χ0n) is 16.1. The van der Waals surface area contributed by atoms with Crippen LogP contribution < -0.4 is 10.9 Å². The normalized spacial score (nSPS) is 11.5. The van der Waals surface area contributed by atoms with Gasteiger partial charge in [0.05, 0.1) is 16.8 Å². The van der Waals surface area contributed by atoms with Crippen molar-refractivity contribution in [3.05, 3.63) is 93.9 Å². The van der Waals surface area contributed by atoms with Gasteiger partial charge in [-0.2, -0.15) is 5.26 Å². The molecule has 0 spiro atoms. The number of nitrogens with zero attached hydrogens (tertiary/aromatic N) is 3. The third-order valence-electron chi connectivity index (χ3n) is 4.76. The third-order valence-corrected chi connectivity index (χ3v) is 5.63. The first-order valence-electron chi connectivity index (χ1n) is 9.42. The molecule has 0 unspecified atom stereocenters. The topological polar surface area (TPSA) is 91.8 Å². The Kier molecular flexibility index (Phi) is 4.75. The van der Waals surface area contributed by atoms with Crippen LogP contribution in [-0.2, 0) is 0 Å². The SMILES string of the molecule is N#CC(=CNc1ccc2ncccc2c1)c1nc(-c2cc3ccccc3oc2=O)cs1. The number of hydrogen-bond donors (Lipinski definition) is 1. The van der Waals surface area contributed by atoms with Gasteiger partial charge in [0.1, 0.15) is 22.2 Å². The molecule has 148 valence electrons. The highest BCUT2D eigenvalue weighted by Gasteiger charge is 2.13. The van der Waals surface area contributed by atoms with Gasteiger partial charge in [0.25, 0.3) is 0 Å². The summed E-state index contributed by atoms with van der Waals surface area (Å²) < 4.78 is 5.40. The largest absolute Gasteiger partial charge is 0.422 e. The standard InChI is InChI=1S/C24H14N4O2S/c25-12-17(13-27-18-7-8-20-15(10-18)5-3-9-26-20)23-28-21(14-31-23)19-11-16-4-1-2-6-22(16)30-24(19)29/h1-11,13-14,27H. The first-order chi connectivity index (χ1) is 15.2. The number of allylic oxidation sites excluding steroid dienone is 1. The van der Waals surface area contributed by atoms with Gasteiger partial charge in [-0.3, -0.25) is 4.98 Å². The highest BCUT2D eigenvalue weighted by atomic mass is 32.1. The minimum Gasteiger partial charge on any atom is -0.422 e. The second-order valence-electron chi connectivity index (χ2n) is 6.75. The lowest BCUT2D eigenvalue weighted by atomic mass is 10.1. The lowest BCUT2D eigenvalue weighted by molar-refractivity contribution is 0.563. The molecule has 0 fully saturated rings. The van der Waals surface area contributed by atoms with Crippen molar-refractivity contribution >= 4 is 44.5 Å². The predicted molar refractivity (Wildman–Crippen MR) is 123 cm³/mol. The molecule has 31 heavy (non-hydrogen) atoms. The summed E-state index contributed by atoms with van der Waals surface area (Å²) in [6.45, 7) is 0. The molecular formula is C24H14N4O2S. The van der Waals surface area contributed by atoms with Gasteiger partial charge in [-0.25, -0.2) is 9.78 Å².